The fourth-order valence-corrected chi connectivity index (χ4v) is 3.55. The van der Waals surface area contributed by atoms with Crippen LogP contribution in [0.15, 0.2) is 73.1 Å². The number of alkyl halides is 2. The minimum Gasteiger partial charge on any atom is -0.429 e. The topological polar surface area (TPSA) is 35.0 Å². The van der Waals surface area contributed by atoms with Gasteiger partial charge in [0, 0.05) is 35.7 Å². The molecule has 0 bridgehead atoms. The van der Waals surface area contributed by atoms with Crippen molar-refractivity contribution in [2.45, 2.75) is 25.9 Å². The van der Waals surface area contributed by atoms with Crippen LogP contribution in [0.3, 0.4) is 0 Å². The first-order valence-electron chi connectivity index (χ1n) is 11.3. The number of aromatic nitrogens is 2. The van der Waals surface area contributed by atoms with Crippen molar-refractivity contribution in [1.29, 1.82) is 0 Å². The van der Waals surface area contributed by atoms with E-state index in [4.69, 9.17) is 0 Å². The van der Waals surface area contributed by atoms with Crippen LogP contribution >= 0.6 is 0 Å². The fourth-order valence-electron chi connectivity index (χ4n) is 3.55. The Hall–Kier alpha value is -4.14. The van der Waals surface area contributed by atoms with Crippen LogP contribution in [-0.4, -0.2) is 16.1 Å². The minimum atomic E-state index is -3.79. The molecule has 0 atom stereocenters. The molecule has 0 spiro atoms. The summed E-state index contributed by atoms with van der Waals surface area (Å²) in [6.45, 7) is 2.06. The third kappa shape index (κ3) is 6.35. The summed E-state index contributed by atoms with van der Waals surface area (Å²) in [7, 11) is 0. The van der Waals surface area contributed by atoms with E-state index >= 15 is 0 Å². The number of hydrogen-bond acceptors (Lipinski definition) is 3. The molecule has 3 nitrogen and oxygen atoms in total. The lowest BCUT2D eigenvalue weighted by Crippen LogP contribution is -2.21. The fraction of sp³-hybridized carbons (Fsp3) is 0.143. The van der Waals surface area contributed by atoms with Gasteiger partial charge in [-0.15, -0.1) is 0 Å². The molecular weight excluding hydrogens is 494 g/mol. The summed E-state index contributed by atoms with van der Waals surface area (Å²) in [6, 6.07) is 10.5. The second-order valence-corrected chi connectivity index (χ2v) is 8.18. The minimum absolute atomic E-state index is 0.294. The molecule has 9 heteroatoms. The molecule has 0 aliphatic heterocycles. The predicted octanol–water partition coefficient (Wildman–Crippen LogP) is 8.00. The molecule has 0 saturated heterocycles. The van der Waals surface area contributed by atoms with Crippen LogP contribution in [0.5, 0.6) is 5.75 Å². The Morgan fingerprint density at radius 2 is 1.46 bits per heavy atom. The first-order chi connectivity index (χ1) is 17.6. The van der Waals surface area contributed by atoms with Gasteiger partial charge in [-0.1, -0.05) is 37.6 Å². The van der Waals surface area contributed by atoms with Crippen LogP contribution in [0.1, 0.15) is 24.5 Å². The molecule has 3 aromatic carbocycles. The number of benzene rings is 3. The van der Waals surface area contributed by atoms with Crippen molar-refractivity contribution >= 4 is 6.08 Å². The molecule has 0 fully saturated rings. The van der Waals surface area contributed by atoms with Crippen molar-refractivity contribution in [3.8, 4) is 28.3 Å². The van der Waals surface area contributed by atoms with E-state index in [1.54, 1.807) is 36.7 Å². The first kappa shape index (κ1) is 25.9. The third-order valence-corrected chi connectivity index (χ3v) is 5.37. The Kier molecular flexibility index (Phi) is 7.61. The van der Waals surface area contributed by atoms with Gasteiger partial charge in [0.1, 0.15) is 11.6 Å². The highest BCUT2D eigenvalue weighted by Gasteiger charge is 2.28. The lowest BCUT2D eigenvalue weighted by atomic mass is 10.0. The zero-order valence-electron chi connectivity index (χ0n) is 19.5. The maximum atomic E-state index is 14.5. The van der Waals surface area contributed by atoms with Gasteiger partial charge < -0.3 is 4.74 Å². The van der Waals surface area contributed by atoms with Gasteiger partial charge in [-0.2, -0.15) is 8.78 Å². The summed E-state index contributed by atoms with van der Waals surface area (Å²) in [6.07, 6.45) is 3.23. The number of halogens is 6. The summed E-state index contributed by atoms with van der Waals surface area (Å²) < 4.78 is 87.8. The van der Waals surface area contributed by atoms with Gasteiger partial charge in [-0.25, -0.2) is 27.5 Å². The van der Waals surface area contributed by atoms with Gasteiger partial charge in [0.05, 0.1) is 0 Å². The lowest BCUT2D eigenvalue weighted by molar-refractivity contribution is -0.131. The Morgan fingerprint density at radius 3 is 2.05 bits per heavy atom. The molecule has 0 aliphatic carbocycles. The number of nitrogens with zero attached hydrogens (tertiary/aromatic N) is 2. The van der Waals surface area contributed by atoms with Crippen LogP contribution in [0, 0.1) is 23.3 Å². The van der Waals surface area contributed by atoms with E-state index in [1.165, 1.54) is 0 Å². The Bertz CT molecular complexity index is 1400. The normalized spacial score (nSPS) is 11.8. The van der Waals surface area contributed by atoms with Crippen LogP contribution in [0.4, 0.5) is 26.3 Å². The Labute approximate surface area is 209 Å². The van der Waals surface area contributed by atoms with Crippen LogP contribution in [-0.2, 0) is 6.42 Å². The van der Waals surface area contributed by atoms with Crippen molar-refractivity contribution in [2.24, 2.45) is 0 Å². The summed E-state index contributed by atoms with van der Waals surface area (Å²) in [5.41, 5.74) is 1.60. The zero-order valence-corrected chi connectivity index (χ0v) is 19.5. The van der Waals surface area contributed by atoms with E-state index in [2.05, 4.69) is 21.6 Å². The highest BCUT2D eigenvalue weighted by Crippen LogP contribution is 2.31. The molecule has 0 saturated carbocycles. The average Bonchev–Trinajstić information content (AvgIpc) is 2.87. The van der Waals surface area contributed by atoms with E-state index in [-0.39, 0.29) is 11.1 Å². The molecule has 37 heavy (non-hydrogen) atoms. The average molecular weight is 514 g/mol. The summed E-state index contributed by atoms with van der Waals surface area (Å²) in [4.78, 5) is 8.64. The van der Waals surface area contributed by atoms with Crippen molar-refractivity contribution in [2.75, 3.05) is 0 Å². The number of rotatable bonds is 8. The third-order valence-electron chi connectivity index (χ3n) is 5.37. The predicted molar refractivity (Wildman–Crippen MR) is 128 cm³/mol. The van der Waals surface area contributed by atoms with Crippen molar-refractivity contribution < 1.29 is 31.1 Å². The van der Waals surface area contributed by atoms with E-state index < -0.39 is 35.1 Å². The standard InChI is InChI=1S/C28H20F6N2O/c1-2-3-18-15-35-27(36-16-18)19-6-4-17(5-7-19)10-11-28(33,34)37-21-8-9-22(23(29)14-21)20-12-24(30)26(32)25(31)13-20/h4-16H,2-3H2,1H3/b11-10+. The molecular formula is C28H20F6N2O. The van der Waals surface area contributed by atoms with E-state index in [1.807, 2.05) is 0 Å². The van der Waals surface area contributed by atoms with Gasteiger partial charge in [0.2, 0.25) is 0 Å². The number of hydrogen-bond donors (Lipinski definition) is 0. The molecule has 4 rings (SSSR count). The Morgan fingerprint density at radius 1 is 0.811 bits per heavy atom. The number of aryl methyl sites for hydroxylation is 1. The molecule has 1 aromatic heterocycles. The maximum absolute atomic E-state index is 14.5. The largest absolute Gasteiger partial charge is 0.429 e. The van der Waals surface area contributed by atoms with E-state index in [9.17, 15) is 26.3 Å². The lowest BCUT2D eigenvalue weighted by Gasteiger charge is -2.15. The first-order valence-corrected chi connectivity index (χ1v) is 11.3. The maximum Gasteiger partial charge on any atom is 0.419 e. The molecule has 0 aliphatic rings. The molecule has 1 heterocycles. The van der Waals surface area contributed by atoms with Gasteiger partial charge >= 0.3 is 6.11 Å². The highest BCUT2D eigenvalue weighted by atomic mass is 19.3. The SMILES string of the molecule is CCCc1cnc(-c2ccc(/C=C/C(F)(F)Oc3ccc(-c4cc(F)c(F)c(F)c4)c(F)c3)cc2)nc1. The van der Waals surface area contributed by atoms with E-state index in [0.717, 1.165) is 42.2 Å². The monoisotopic (exact) mass is 514 g/mol. The smallest absolute Gasteiger partial charge is 0.419 e. The van der Waals surface area contributed by atoms with Crippen LogP contribution < -0.4 is 4.74 Å². The second-order valence-electron chi connectivity index (χ2n) is 8.18. The second kappa shape index (κ2) is 10.9. The van der Waals surface area contributed by atoms with Gasteiger partial charge in [-0.3, -0.25) is 0 Å². The molecule has 0 unspecified atom stereocenters. The van der Waals surface area contributed by atoms with Crippen molar-refractivity contribution in [3.63, 3.8) is 0 Å². The van der Waals surface area contributed by atoms with Crippen LogP contribution in [0.25, 0.3) is 28.6 Å². The molecule has 0 N–H and O–H groups in total. The molecule has 0 radical (unpaired) electrons. The Balaban J connectivity index is 1.44. The van der Waals surface area contributed by atoms with Gasteiger partial charge in [0.15, 0.2) is 23.3 Å². The van der Waals surface area contributed by atoms with Crippen molar-refractivity contribution in [3.05, 3.63) is 107 Å². The summed E-state index contributed by atoms with van der Waals surface area (Å²) in [5.74, 6) is -5.78. The van der Waals surface area contributed by atoms with Gasteiger partial charge in [0.25, 0.3) is 0 Å². The summed E-state index contributed by atoms with van der Waals surface area (Å²) in [5, 5.41) is 0. The van der Waals surface area contributed by atoms with E-state index in [0.29, 0.717) is 35.7 Å². The molecule has 0 amide bonds. The zero-order chi connectivity index (χ0) is 26.6. The van der Waals surface area contributed by atoms with Crippen LogP contribution in [0.2, 0.25) is 0 Å². The summed E-state index contributed by atoms with van der Waals surface area (Å²) >= 11 is 0. The van der Waals surface area contributed by atoms with Gasteiger partial charge in [-0.05, 0) is 53.5 Å². The molecule has 4 aromatic rings. The van der Waals surface area contributed by atoms with Crippen molar-refractivity contribution in [1.82, 2.24) is 9.97 Å². The molecule has 190 valence electrons. The highest BCUT2D eigenvalue weighted by molar-refractivity contribution is 5.65. The quantitative estimate of drug-likeness (QED) is 0.177. The number of ether oxygens (including phenoxy) is 1.